The van der Waals surface area contributed by atoms with Crippen molar-refractivity contribution in [2.24, 2.45) is 17.3 Å². The maximum Gasteiger partial charge on any atom is 0.488 e. The van der Waals surface area contributed by atoms with Crippen LogP contribution in [0.1, 0.15) is 115 Å². The van der Waals surface area contributed by atoms with Gasteiger partial charge in [-0.1, -0.05) is 113 Å². The third-order valence-electron chi connectivity index (χ3n) is 13.3. The number of nitrogens with zero attached hydrogens (tertiary/aromatic N) is 4. The number of hydrogen-bond donors (Lipinski definition) is 6. The first-order chi connectivity index (χ1) is 34.2. The second-order valence-corrected chi connectivity index (χ2v) is 20.2. The SMILES string of the molecule is C.CCc1c(-c2ccc(-c3nnc(C)o3)cc2)cccc1[C@H]1O[C@H](CO)[C@@H](O)[C@H](O)[C@@H]1O.CCc1c(Br)cccc1[C@H]1O[C@H](CC)[C@@H](C)[C@H](C)[C@@H]1OC(=O)C(C)(C)C.Cc1nnc(-c2ccc(B(O)O)cc2)o1. The van der Waals surface area contributed by atoms with Crippen molar-refractivity contribution < 1.29 is 58.3 Å². The zero-order valence-corrected chi connectivity index (χ0v) is 44.1. The van der Waals surface area contributed by atoms with Crippen LogP contribution in [0.4, 0.5) is 0 Å². The summed E-state index contributed by atoms with van der Waals surface area (Å²) in [6.45, 7) is 19.4. The van der Waals surface area contributed by atoms with Crippen LogP contribution in [0.15, 0.2) is 98.2 Å². The quantitative estimate of drug-likeness (QED) is 0.0528. The van der Waals surface area contributed by atoms with E-state index in [4.69, 9.17) is 33.1 Å². The van der Waals surface area contributed by atoms with Crippen molar-refractivity contribution in [3.8, 4) is 34.0 Å². The van der Waals surface area contributed by atoms with Gasteiger partial charge in [0.05, 0.1) is 18.1 Å². The monoisotopic (exact) mass is 1070 g/mol. The van der Waals surface area contributed by atoms with Crippen molar-refractivity contribution in [3.63, 3.8) is 0 Å². The molecule has 16 nitrogen and oxygen atoms in total. The summed E-state index contributed by atoms with van der Waals surface area (Å²) >= 11 is 3.67. The molecule has 0 bridgehead atoms. The van der Waals surface area contributed by atoms with Gasteiger partial charge >= 0.3 is 13.1 Å². The Labute approximate surface area is 437 Å². The van der Waals surface area contributed by atoms with Crippen LogP contribution in [-0.2, 0) is 31.8 Å². The molecule has 2 aromatic heterocycles. The van der Waals surface area contributed by atoms with E-state index >= 15 is 0 Å². The molecule has 0 spiro atoms. The number of hydrogen-bond acceptors (Lipinski definition) is 16. The smallest absolute Gasteiger partial charge is 0.459 e. The van der Waals surface area contributed by atoms with Gasteiger partial charge in [-0.3, -0.25) is 4.79 Å². The number of halogens is 1. The van der Waals surface area contributed by atoms with Crippen molar-refractivity contribution >= 4 is 34.5 Å². The molecule has 6 aromatic rings. The van der Waals surface area contributed by atoms with E-state index in [0.717, 1.165) is 50.7 Å². The van der Waals surface area contributed by atoms with Crippen LogP contribution >= 0.6 is 15.9 Å². The third kappa shape index (κ3) is 13.8. The molecule has 0 unspecified atom stereocenters. The molecule has 8 rings (SSSR count). The van der Waals surface area contributed by atoms with E-state index in [-0.39, 0.29) is 37.6 Å². The molecule has 2 saturated heterocycles. The highest BCUT2D eigenvalue weighted by Gasteiger charge is 2.46. The van der Waals surface area contributed by atoms with Crippen molar-refractivity contribution in [2.45, 2.75) is 145 Å². The molecule has 4 heterocycles. The molecule has 2 aliphatic heterocycles. The van der Waals surface area contributed by atoms with Gasteiger partial charge in [-0.2, -0.15) is 0 Å². The highest BCUT2D eigenvalue weighted by molar-refractivity contribution is 9.10. The van der Waals surface area contributed by atoms with Gasteiger partial charge in [0, 0.05) is 35.4 Å². The first kappa shape index (κ1) is 58.7. The van der Waals surface area contributed by atoms with Crippen LogP contribution in [0.3, 0.4) is 0 Å². The fourth-order valence-corrected chi connectivity index (χ4v) is 9.68. The van der Waals surface area contributed by atoms with E-state index in [2.05, 4.69) is 76.2 Å². The maximum absolute atomic E-state index is 12.6. The normalized spacial score (nSPS) is 23.7. The average molecular weight is 1070 g/mol. The van der Waals surface area contributed by atoms with E-state index in [1.807, 2.05) is 76.2 Å². The topological polar surface area (TPSA) is 244 Å². The summed E-state index contributed by atoms with van der Waals surface area (Å²) < 4.78 is 30.2. The highest BCUT2D eigenvalue weighted by Crippen LogP contribution is 2.44. The minimum Gasteiger partial charge on any atom is -0.459 e. The second-order valence-electron chi connectivity index (χ2n) is 19.3. The predicted molar refractivity (Wildman–Crippen MR) is 282 cm³/mol. The van der Waals surface area contributed by atoms with Gasteiger partial charge in [0.2, 0.25) is 23.6 Å². The van der Waals surface area contributed by atoms with Crippen LogP contribution < -0.4 is 5.46 Å². The highest BCUT2D eigenvalue weighted by atomic mass is 79.9. The van der Waals surface area contributed by atoms with E-state index < -0.39 is 49.7 Å². The van der Waals surface area contributed by atoms with Gasteiger partial charge in [-0.25, -0.2) is 0 Å². The molecule has 0 radical (unpaired) electrons. The average Bonchev–Trinajstić information content (AvgIpc) is 4.02. The van der Waals surface area contributed by atoms with Gasteiger partial charge in [-0.15, -0.1) is 20.4 Å². The summed E-state index contributed by atoms with van der Waals surface area (Å²) in [6, 6.07) is 26.2. The standard InChI is InChI=1S/C23H26N2O6.C22H33BrO3.C9H9BN2O3.CH4/c1-3-15-16(13-7-9-14(10-8-13)23-25-24-12(2)30-23)5-4-6-17(15)22-21(29)20(28)19(27)18(11-26)31-22;1-8-15-16(11-10-12-17(15)23)20-19(26-21(24)22(5,6)7)14(4)13(3)18(9-2)25-20;1-6-11-12-9(15-6)7-2-4-8(5-3-7)10(13)14;/h4-10,18-22,26-29H,3,11H2,1-2H3;10-14,18-20H,8-9H2,1-7H3;2-5,13-14H,1H3;1H4/t18-,19-,20+,21+,22-;13-,14-,18+,19-,20+;;/m10../s1. The molecular formula is C55H72BBrN4O12. The van der Waals surface area contributed by atoms with Gasteiger partial charge < -0.3 is 53.5 Å². The molecule has 10 atom stereocenters. The number of rotatable bonds is 11. The Balaban J connectivity index is 0.000000213. The molecule has 0 aliphatic carbocycles. The van der Waals surface area contributed by atoms with Crippen LogP contribution in [0.25, 0.3) is 34.0 Å². The lowest BCUT2D eigenvalue weighted by molar-refractivity contribution is -0.231. The molecule has 73 heavy (non-hydrogen) atoms. The number of aliphatic hydroxyl groups excluding tert-OH is 4. The number of carbonyl (C=O) groups is 1. The number of esters is 1. The summed E-state index contributed by atoms with van der Waals surface area (Å²) in [5.41, 5.74) is 7.41. The fraction of sp³-hybridized carbons (Fsp3) is 0.473. The van der Waals surface area contributed by atoms with E-state index in [9.17, 15) is 25.2 Å². The lowest BCUT2D eigenvalue weighted by Gasteiger charge is -2.45. The Morgan fingerprint density at radius 3 is 1.66 bits per heavy atom. The Bertz CT molecular complexity index is 2690. The summed E-state index contributed by atoms with van der Waals surface area (Å²) in [4.78, 5) is 12.6. The zero-order valence-electron chi connectivity index (χ0n) is 42.6. The molecule has 4 aromatic carbocycles. The van der Waals surface area contributed by atoms with Crippen LogP contribution in [0, 0.1) is 31.1 Å². The van der Waals surface area contributed by atoms with Crippen molar-refractivity contribution in [1.29, 1.82) is 0 Å². The number of aliphatic hydroxyl groups is 4. The molecule has 6 N–H and O–H groups in total. The molecule has 0 saturated carbocycles. The first-order valence-corrected chi connectivity index (χ1v) is 25.2. The number of ether oxygens (including phenoxy) is 3. The molecule has 18 heteroatoms. The number of carbonyl (C=O) groups excluding carboxylic acids is 1. The number of aryl methyl sites for hydroxylation is 2. The maximum atomic E-state index is 12.6. The van der Waals surface area contributed by atoms with Crippen LogP contribution in [0.5, 0.6) is 0 Å². The van der Waals surface area contributed by atoms with Gasteiger partial charge in [0.15, 0.2) is 0 Å². The predicted octanol–water partition coefficient (Wildman–Crippen LogP) is 8.24. The lowest BCUT2D eigenvalue weighted by atomic mass is 9.78. The third-order valence-corrected chi connectivity index (χ3v) is 14.1. The largest absolute Gasteiger partial charge is 0.488 e. The lowest BCUT2D eigenvalue weighted by Crippen LogP contribution is -2.55. The zero-order chi connectivity index (χ0) is 52.6. The summed E-state index contributed by atoms with van der Waals surface area (Å²) in [6.07, 6.45) is -3.76. The number of benzene rings is 4. The van der Waals surface area contributed by atoms with Gasteiger partial charge in [0.25, 0.3) is 0 Å². The molecule has 2 aliphatic rings. The van der Waals surface area contributed by atoms with E-state index in [1.165, 1.54) is 5.56 Å². The Hall–Kier alpha value is -5.15. The minimum atomic E-state index is -1.46. The molecule has 0 amide bonds. The van der Waals surface area contributed by atoms with E-state index in [1.54, 1.807) is 38.1 Å². The van der Waals surface area contributed by atoms with Crippen molar-refractivity contribution in [2.75, 3.05) is 6.61 Å². The van der Waals surface area contributed by atoms with Gasteiger partial charge in [-0.05, 0) is 115 Å². The van der Waals surface area contributed by atoms with E-state index in [0.29, 0.717) is 46.9 Å². The minimum absolute atomic E-state index is 0. The Morgan fingerprint density at radius 1 is 0.671 bits per heavy atom. The van der Waals surface area contributed by atoms with Crippen molar-refractivity contribution in [1.82, 2.24) is 20.4 Å². The number of aromatic nitrogens is 4. The molecule has 2 fully saturated rings. The molecular weight excluding hydrogens is 999 g/mol. The second kappa shape index (κ2) is 25.9. The van der Waals surface area contributed by atoms with Crippen LogP contribution in [0.2, 0.25) is 0 Å². The Kier molecular flexibility index (Phi) is 20.8. The van der Waals surface area contributed by atoms with Gasteiger partial charge in [0.1, 0.15) is 42.7 Å². The fourth-order valence-electron chi connectivity index (χ4n) is 9.02. The summed E-state index contributed by atoms with van der Waals surface area (Å²) in [5, 5.41) is 73.6. The van der Waals surface area contributed by atoms with Crippen LogP contribution in [-0.4, -0.2) is 107 Å². The first-order valence-electron chi connectivity index (χ1n) is 24.5. The summed E-state index contributed by atoms with van der Waals surface area (Å²) in [7, 11) is -1.46. The van der Waals surface area contributed by atoms with Crippen molar-refractivity contribution in [3.05, 3.63) is 123 Å². The Morgan fingerprint density at radius 2 is 1.18 bits per heavy atom. The summed E-state index contributed by atoms with van der Waals surface area (Å²) in [5.74, 6) is 2.27. The molecule has 394 valence electrons.